The molecule has 166 valence electrons. The number of alkyl carbamates (subject to hydrolysis) is 1. The molecule has 0 aliphatic heterocycles. The van der Waals surface area contributed by atoms with Gasteiger partial charge in [-0.1, -0.05) is 6.42 Å². The van der Waals surface area contributed by atoms with Gasteiger partial charge in [-0.15, -0.1) is 0 Å². The van der Waals surface area contributed by atoms with Gasteiger partial charge in [0.15, 0.2) is 0 Å². The van der Waals surface area contributed by atoms with Crippen LogP contribution in [0.5, 0.6) is 0 Å². The number of carbonyl (C=O) groups is 2. The Kier molecular flexibility index (Phi) is 13.4. The van der Waals surface area contributed by atoms with Gasteiger partial charge in [0.25, 0.3) is 0 Å². The number of unbranched alkanes of at least 4 members (excludes halogenated alkanes) is 3. The highest BCUT2D eigenvalue weighted by molar-refractivity contribution is 7.33. The van der Waals surface area contributed by atoms with Crippen molar-refractivity contribution in [1.29, 1.82) is 0 Å². The summed E-state index contributed by atoms with van der Waals surface area (Å²) in [5, 5.41) is 2.65. The topological polar surface area (TPSA) is 100 Å². The molecular weight excluding hydrogens is 385 g/mol. The minimum Gasteiger partial charge on any atom is -0.460 e. The molecule has 28 heavy (non-hydrogen) atoms. The Labute approximate surface area is 170 Å². The van der Waals surface area contributed by atoms with E-state index in [-0.39, 0.29) is 5.97 Å². The lowest BCUT2D eigenvalue weighted by atomic mass is 10.1. The van der Waals surface area contributed by atoms with Crippen LogP contribution in [-0.2, 0) is 27.9 Å². The van der Waals surface area contributed by atoms with Crippen molar-refractivity contribution in [3.8, 4) is 0 Å². The van der Waals surface area contributed by atoms with E-state index in [1.165, 1.54) is 0 Å². The average molecular weight is 423 g/mol. The fourth-order valence-corrected chi connectivity index (χ4v) is 2.73. The third kappa shape index (κ3) is 19.6. The van der Waals surface area contributed by atoms with Crippen molar-refractivity contribution in [3.05, 3.63) is 0 Å². The first kappa shape index (κ1) is 26.9. The molecule has 0 aromatic rings. The Hall–Kier alpha value is -1.11. The predicted molar refractivity (Wildman–Crippen MR) is 109 cm³/mol. The molecule has 0 saturated heterocycles. The molecule has 1 amide bonds. The van der Waals surface area contributed by atoms with E-state index in [0.29, 0.717) is 51.9 Å². The smallest absolute Gasteiger partial charge is 0.407 e. The van der Waals surface area contributed by atoms with Crippen LogP contribution in [0.4, 0.5) is 4.79 Å². The molecule has 1 atom stereocenters. The zero-order valence-electron chi connectivity index (χ0n) is 18.2. The van der Waals surface area contributed by atoms with E-state index in [4.69, 9.17) is 18.5 Å². The number of ether oxygens (including phenoxy) is 2. The molecule has 0 aromatic carbocycles. The van der Waals surface area contributed by atoms with Crippen LogP contribution >= 0.6 is 8.25 Å². The molecule has 8 nitrogen and oxygen atoms in total. The van der Waals surface area contributed by atoms with Gasteiger partial charge in [-0.25, -0.2) is 4.79 Å². The third-order valence-corrected chi connectivity index (χ3v) is 4.00. The molecule has 0 saturated carbocycles. The molecular formula is C19H38NO7P. The van der Waals surface area contributed by atoms with Gasteiger partial charge in [-0.2, -0.15) is 0 Å². The molecule has 0 rings (SSSR count). The van der Waals surface area contributed by atoms with Gasteiger partial charge in [0.05, 0.1) is 13.2 Å². The van der Waals surface area contributed by atoms with Crippen LogP contribution in [0.2, 0.25) is 0 Å². The summed E-state index contributed by atoms with van der Waals surface area (Å²) in [6.07, 6.45) is 3.50. The summed E-state index contributed by atoms with van der Waals surface area (Å²) in [6.45, 7) is 12.1. The molecule has 0 fully saturated rings. The number of nitrogens with one attached hydrogen (secondary N) is 1. The van der Waals surface area contributed by atoms with Gasteiger partial charge in [-0.05, 0) is 67.2 Å². The maximum Gasteiger partial charge on any atom is 0.407 e. The molecule has 0 heterocycles. The lowest BCUT2D eigenvalue weighted by Gasteiger charge is -2.19. The van der Waals surface area contributed by atoms with Crippen molar-refractivity contribution in [2.75, 3.05) is 19.8 Å². The van der Waals surface area contributed by atoms with E-state index in [9.17, 15) is 14.2 Å². The normalized spacial score (nSPS) is 13.1. The van der Waals surface area contributed by atoms with E-state index in [1.807, 2.05) is 20.8 Å². The maximum absolute atomic E-state index is 11.6. The molecule has 0 radical (unpaired) electrons. The fraction of sp³-hybridized carbons (Fsp3) is 0.895. The van der Waals surface area contributed by atoms with Crippen LogP contribution in [0.15, 0.2) is 0 Å². The van der Waals surface area contributed by atoms with Crippen LogP contribution in [0, 0.1) is 0 Å². The average Bonchev–Trinajstić information content (AvgIpc) is 2.50. The minimum absolute atomic E-state index is 0.202. The van der Waals surface area contributed by atoms with Gasteiger partial charge >= 0.3 is 20.3 Å². The van der Waals surface area contributed by atoms with E-state index in [2.05, 4.69) is 5.32 Å². The lowest BCUT2D eigenvalue weighted by Crippen LogP contribution is -2.33. The Morgan fingerprint density at radius 3 is 1.86 bits per heavy atom. The second-order valence-electron chi connectivity index (χ2n) is 8.48. The molecule has 0 aromatic heterocycles. The number of hydrogen-bond acceptors (Lipinski definition) is 7. The largest absolute Gasteiger partial charge is 0.460 e. The Morgan fingerprint density at radius 2 is 1.32 bits per heavy atom. The van der Waals surface area contributed by atoms with Crippen molar-refractivity contribution < 1.29 is 32.7 Å². The second-order valence-corrected chi connectivity index (χ2v) is 9.56. The standard InChI is InChI=1S/C19H38NO7P/c1-18(2,3)26-16(21)12-8-7-10-14-24-28(23)25-15-11-9-13-20-17(22)27-19(4,5)6/h28H,7-15H2,1-6H3,(H,20,22). The highest BCUT2D eigenvalue weighted by Gasteiger charge is 2.16. The monoisotopic (exact) mass is 423 g/mol. The first-order chi connectivity index (χ1) is 12.9. The van der Waals surface area contributed by atoms with Gasteiger partial charge < -0.3 is 23.8 Å². The number of amides is 1. The summed E-state index contributed by atoms with van der Waals surface area (Å²) < 4.78 is 32.2. The van der Waals surface area contributed by atoms with Crippen molar-refractivity contribution in [2.24, 2.45) is 0 Å². The zero-order chi connectivity index (χ0) is 21.6. The summed E-state index contributed by atoms with van der Waals surface area (Å²) in [5.41, 5.74) is -0.969. The number of rotatable bonds is 13. The van der Waals surface area contributed by atoms with Crippen LogP contribution in [-0.4, -0.2) is 43.0 Å². The quantitative estimate of drug-likeness (QED) is 0.262. The Balaban J connectivity index is 3.49. The first-order valence-corrected chi connectivity index (χ1v) is 11.1. The second kappa shape index (κ2) is 14.0. The minimum atomic E-state index is -2.50. The molecule has 0 aliphatic rings. The molecule has 9 heteroatoms. The summed E-state index contributed by atoms with van der Waals surface area (Å²) in [4.78, 5) is 23.0. The summed E-state index contributed by atoms with van der Waals surface area (Å²) in [7, 11) is -2.50. The maximum atomic E-state index is 11.6. The predicted octanol–water partition coefficient (Wildman–Crippen LogP) is 4.62. The number of carbonyl (C=O) groups excluding carboxylic acids is 2. The van der Waals surface area contributed by atoms with Crippen LogP contribution < -0.4 is 5.32 Å². The van der Waals surface area contributed by atoms with Crippen LogP contribution in [0.25, 0.3) is 0 Å². The summed E-state index contributed by atoms with van der Waals surface area (Å²) >= 11 is 0. The van der Waals surface area contributed by atoms with Gasteiger partial charge in [-0.3, -0.25) is 9.36 Å². The van der Waals surface area contributed by atoms with Gasteiger partial charge in [0, 0.05) is 13.0 Å². The molecule has 0 bridgehead atoms. The first-order valence-electron chi connectivity index (χ1n) is 9.87. The van der Waals surface area contributed by atoms with Gasteiger partial charge in [0.1, 0.15) is 11.2 Å². The Bertz CT molecular complexity index is 442. The molecule has 0 spiro atoms. The third-order valence-electron chi connectivity index (χ3n) is 3.12. The SMILES string of the molecule is CC(C)(C)OC(=O)CCCCCO[PH](=O)OCCCCNC(=O)OC(C)(C)C. The van der Waals surface area contributed by atoms with Crippen molar-refractivity contribution in [3.63, 3.8) is 0 Å². The van der Waals surface area contributed by atoms with E-state index in [0.717, 1.165) is 6.42 Å². The Morgan fingerprint density at radius 1 is 0.786 bits per heavy atom. The molecule has 1 N–H and O–H groups in total. The van der Waals surface area contributed by atoms with E-state index < -0.39 is 25.6 Å². The van der Waals surface area contributed by atoms with Crippen LogP contribution in [0.1, 0.15) is 80.1 Å². The summed E-state index contributed by atoms with van der Waals surface area (Å²) in [6, 6.07) is 0. The number of esters is 1. The van der Waals surface area contributed by atoms with Gasteiger partial charge in [0.2, 0.25) is 0 Å². The molecule has 1 unspecified atom stereocenters. The highest BCUT2D eigenvalue weighted by Crippen LogP contribution is 2.24. The van der Waals surface area contributed by atoms with E-state index in [1.54, 1.807) is 20.8 Å². The lowest BCUT2D eigenvalue weighted by molar-refractivity contribution is -0.154. The fourth-order valence-electron chi connectivity index (χ4n) is 2.03. The van der Waals surface area contributed by atoms with Crippen molar-refractivity contribution >= 4 is 20.3 Å². The summed E-state index contributed by atoms with van der Waals surface area (Å²) in [5.74, 6) is -0.202. The number of hydrogen-bond donors (Lipinski definition) is 1. The zero-order valence-corrected chi connectivity index (χ0v) is 19.2. The molecule has 0 aliphatic carbocycles. The van der Waals surface area contributed by atoms with E-state index >= 15 is 0 Å². The van der Waals surface area contributed by atoms with Crippen molar-refractivity contribution in [1.82, 2.24) is 5.32 Å². The van der Waals surface area contributed by atoms with Crippen LogP contribution in [0.3, 0.4) is 0 Å². The van der Waals surface area contributed by atoms with Crippen molar-refractivity contribution in [2.45, 2.75) is 91.3 Å². The highest BCUT2D eigenvalue weighted by atomic mass is 31.1.